The molecule has 0 bridgehead atoms. The van der Waals surface area contributed by atoms with Gasteiger partial charge in [0.05, 0.1) is 5.69 Å². The van der Waals surface area contributed by atoms with Crippen molar-refractivity contribution in [1.29, 1.82) is 0 Å². The molecule has 3 rings (SSSR count). The summed E-state index contributed by atoms with van der Waals surface area (Å²) in [7, 11) is 1.99. The zero-order valence-electron chi connectivity index (χ0n) is 11.5. The van der Waals surface area contributed by atoms with E-state index in [9.17, 15) is 0 Å². The first kappa shape index (κ1) is 12.4. The first-order chi connectivity index (χ1) is 9.38. The van der Waals surface area contributed by atoms with Crippen molar-refractivity contribution in [3.63, 3.8) is 0 Å². The van der Waals surface area contributed by atoms with Gasteiger partial charge < -0.3 is 9.88 Å². The Balaban J connectivity index is 1.92. The average molecular weight is 255 g/mol. The highest BCUT2D eigenvalue weighted by molar-refractivity contribution is 5.25. The zero-order valence-corrected chi connectivity index (χ0v) is 11.5. The van der Waals surface area contributed by atoms with Crippen LogP contribution in [-0.4, -0.2) is 16.6 Å². The van der Waals surface area contributed by atoms with Gasteiger partial charge in [-0.2, -0.15) is 0 Å². The molecule has 1 N–H and O–H groups in total. The lowest BCUT2D eigenvalue weighted by Crippen LogP contribution is -2.15. The van der Waals surface area contributed by atoms with Gasteiger partial charge in [-0.05, 0) is 31.9 Å². The molecule has 1 aliphatic rings. The molecule has 1 aliphatic heterocycles. The van der Waals surface area contributed by atoms with Crippen LogP contribution in [0.15, 0.2) is 30.3 Å². The Bertz CT molecular complexity index is 543. The van der Waals surface area contributed by atoms with Gasteiger partial charge in [0.15, 0.2) is 0 Å². The van der Waals surface area contributed by atoms with E-state index in [1.807, 2.05) is 7.05 Å². The lowest BCUT2D eigenvalue weighted by molar-refractivity contribution is 0.515. The van der Waals surface area contributed by atoms with Gasteiger partial charge in [0.2, 0.25) is 0 Å². The van der Waals surface area contributed by atoms with E-state index in [-0.39, 0.29) is 0 Å². The second kappa shape index (κ2) is 5.57. The Morgan fingerprint density at radius 1 is 1.21 bits per heavy atom. The third kappa shape index (κ3) is 2.56. The molecule has 0 unspecified atom stereocenters. The van der Waals surface area contributed by atoms with E-state index in [4.69, 9.17) is 4.98 Å². The number of aromatic nitrogens is 2. The van der Waals surface area contributed by atoms with E-state index in [0.717, 1.165) is 19.5 Å². The Labute approximate surface area is 114 Å². The van der Waals surface area contributed by atoms with Crippen molar-refractivity contribution < 1.29 is 0 Å². The summed E-state index contributed by atoms with van der Waals surface area (Å²) in [4.78, 5) is 4.88. The molecule has 0 spiro atoms. The van der Waals surface area contributed by atoms with Gasteiger partial charge in [0, 0.05) is 25.2 Å². The molecule has 0 atom stereocenters. The van der Waals surface area contributed by atoms with Crippen LogP contribution in [0.2, 0.25) is 0 Å². The summed E-state index contributed by atoms with van der Waals surface area (Å²) in [5, 5.41) is 3.24. The number of nitrogens with one attached hydrogen (secondary N) is 1. The van der Waals surface area contributed by atoms with Gasteiger partial charge in [-0.15, -0.1) is 0 Å². The molecule has 0 fully saturated rings. The number of fused-ring (bicyclic) bond motifs is 1. The van der Waals surface area contributed by atoms with Crippen LogP contribution in [0.5, 0.6) is 0 Å². The highest BCUT2D eigenvalue weighted by Gasteiger charge is 2.19. The van der Waals surface area contributed by atoms with Crippen LogP contribution >= 0.6 is 0 Å². The fraction of sp³-hybridized carbons (Fsp3) is 0.438. The predicted molar refractivity (Wildman–Crippen MR) is 77.2 cm³/mol. The fourth-order valence-corrected chi connectivity index (χ4v) is 2.92. The van der Waals surface area contributed by atoms with Crippen molar-refractivity contribution in [3.8, 4) is 0 Å². The normalized spacial score (nSPS) is 14.4. The SMILES string of the molecule is CNCc1nc(Cc2ccccc2)n2c1CCCC2. The van der Waals surface area contributed by atoms with Crippen molar-refractivity contribution in [3.05, 3.63) is 53.1 Å². The van der Waals surface area contributed by atoms with Crippen LogP contribution in [0.3, 0.4) is 0 Å². The highest BCUT2D eigenvalue weighted by atomic mass is 15.1. The smallest absolute Gasteiger partial charge is 0.113 e. The largest absolute Gasteiger partial charge is 0.331 e. The molecule has 2 heterocycles. The van der Waals surface area contributed by atoms with E-state index in [1.54, 1.807) is 0 Å². The second-order valence-electron chi connectivity index (χ2n) is 5.22. The van der Waals surface area contributed by atoms with Crippen molar-refractivity contribution in [1.82, 2.24) is 14.9 Å². The maximum Gasteiger partial charge on any atom is 0.113 e. The molecule has 0 saturated heterocycles. The van der Waals surface area contributed by atoms with E-state index in [0.29, 0.717) is 0 Å². The number of nitrogens with zero attached hydrogens (tertiary/aromatic N) is 2. The molecule has 0 saturated carbocycles. The predicted octanol–water partition coefficient (Wildman–Crippen LogP) is 2.53. The molecule has 1 aromatic heterocycles. The molecular weight excluding hydrogens is 234 g/mol. The van der Waals surface area contributed by atoms with E-state index < -0.39 is 0 Å². The van der Waals surface area contributed by atoms with E-state index in [2.05, 4.69) is 40.2 Å². The Hall–Kier alpha value is -1.61. The topological polar surface area (TPSA) is 29.9 Å². The minimum absolute atomic E-state index is 0.879. The van der Waals surface area contributed by atoms with Crippen molar-refractivity contribution in [2.45, 2.75) is 38.8 Å². The van der Waals surface area contributed by atoms with Crippen LogP contribution in [0.25, 0.3) is 0 Å². The molecule has 2 aromatic rings. The molecule has 0 aliphatic carbocycles. The highest BCUT2D eigenvalue weighted by Crippen LogP contribution is 2.22. The third-order valence-electron chi connectivity index (χ3n) is 3.83. The van der Waals surface area contributed by atoms with Crippen LogP contribution in [-0.2, 0) is 25.9 Å². The standard InChI is InChI=1S/C16H21N3/c1-17-12-14-15-9-5-6-10-19(15)16(18-14)11-13-7-3-2-4-8-13/h2-4,7-8,17H,5-6,9-12H2,1H3. The van der Waals surface area contributed by atoms with E-state index in [1.165, 1.54) is 42.0 Å². The maximum absolute atomic E-state index is 4.88. The van der Waals surface area contributed by atoms with Crippen molar-refractivity contribution in [2.75, 3.05) is 7.05 Å². The number of hydrogen-bond acceptors (Lipinski definition) is 2. The monoisotopic (exact) mass is 255 g/mol. The lowest BCUT2D eigenvalue weighted by Gasteiger charge is -2.17. The minimum Gasteiger partial charge on any atom is -0.331 e. The number of hydrogen-bond donors (Lipinski definition) is 1. The van der Waals surface area contributed by atoms with Crippen molar-refractivity contribution >= 4 is 0 Å². The van der Waals surface area contributed by atoms with Gasteiger partial charge in [0.1, 0.15) is 5.82 Å². The summed E-state index contributed by atoms with van der Waals surface area (Å²) in [6.07, 6.45) is 4.70. The van der Waals surface area contributed by atoms with Gasteiger partial charge in [0.25, 0.3) is 0 Å². The van der Waals surface area contributed by atoms with Crippen LogP contribution in [0.4, 0.5) is 0 Å². The molecule has 0 radical (unpaired) electrons. The summed E-state index contributed by atoms with van der Waals surface area (Å²) >= 11 is 0. The first-order valence-electron chi connectivity index (χ1n) is 7.14. The fourth-order valence-electron chi connectivity index (χ4n) is 2.92. The van der Waals surface area contributed by atoms with Crippen LogP contribution in [0, 0.1) is 0 Å². The summed E-state index contributed by atoms with van der Waals surface area (Å²) in [6, 6.07) is 10.6. The average Bonchev–Trinajstić information content (AvgIpc) is 2.79. The Morgan fingerprint density at radius 3 is 2.84 bits per heavy atom. The third-order valence-corrected chi connectivity index (χ3v) is 3.83. The van der Waals surface area contributed by atoms with Crippen LogP contribution in [0.1, 0.15) is 35.6 Å². The molecule has 100 valence electrons. The Morgan fingerprint density at radius 2 is 2.05 bits per heavy atom. The molecular formula is C16H21N3. The van der Waals surface area contributed by atoms with Gasteiger partial charge in [-0.1, -0.05) is 30.3 Å². The summed E-state index contributed by atoms with van der Waals surface area (Å²) in [5.74, 6) is 1.23. The lowest BCUT2D eigenvalue weighted by atomic mass is 10.1. The molecule has 3 nitrogen and oxygen atoms in total. The second-order valence-corrected chi connectivity index (χ2v) is 5.22. The summed E-state index contributed by atoms with van der Waals surface area (Å²) in [6.45, 7) is 2.01. The van der Waals surface area contributed by atoms with Gasteiger partial charge in [-0.25, -0.2) is 4.98 Å². The molecule has 19 heavy (non-hydrogen) atoms. The zero-order chi connectivity index (χ0) is 13.1. The van der Waals surface area contributed by atoms with Gasteiger partial charge >= 0.3 is 0 Å². The first-order valence-corrected chi connectivity index (χ1v) is 7.14. The van der Waals surface area contributed by atoms with E-state index >= 15 is 0 Å². The maximum atomic E-state index is 4.88. The van der Waals surface area contributed by atoms with Crippen molar-refractivity contribution in [2.24, 2.45) is 0 Å². The number of rotatable bonds is 4. The molecule has 0 amide bonds. The number of benzene rings is 1. The van der Waals surface area contributed by atoms with Crippen LogP contribution < -0.4 is 5.32 Å². The van der Waals surface area contributed by atoms with Gasteiger partial charge in [-0.3, -0.25) is 0 Å². The quantitative estimate of drug-likeness (QED) is 0.910. The minimum atomic E-state index is 0.879. The Kier molecular flexibility index (Phi) is 3.65. The summed E-state index contributed by atoms with van der Waals surface area (Å²) in [5.41, 5.74) is 4.04. The summed E-state index contributed by atoms with van der Waals surface area (Å²) < 4.78 is 2.45. The number of imidazole rings is 1. The molecule has 3 heteroatoms. The molecule has 1 aromatic carbocycles.